The molecular weight excluding hydrogens is 212 g/mol. The second kappa shape index (κ2) is 4.76. The maximum Gasteiger partial charge on any atom is 0.150 e. The Balaban J connectivity index is 2.13. The van der Waals surface area contributed by atoms with Crippen molar-refractivity contribution in [1.29, 1.82) is 0 Å². The molecule has 0 spiro atoms. The second-order valence-electron chi connectivity index (χ2n) is 3.99. The summed E-state index contributed by atoms with van der Waals surface area (Å²) in [6.45, 7) is 3.86. The molecule has 1 saturated heterocycles. The lowest BCUT2D eigenvalue weighted by atomic mass is 10.1. The molecule has 16 heavy (non-hydrogen) atoms. The summed E-state index contributed by atoms with van der Waals surface area (Å²) in [4.78, 5) is 2.08. The lowest BCUT2D eigenvalue weighted by molar-refractivity contribution is 0.230. The molecule has 88 valence electrons. The molecule has 1 aromatic rings. The Morgan fingerprint density at radius 3 is 2.62 bits per heavy atom. The first-order valence-corrected chi connectivity index (χ1v) is 5.33. The van der Waals surface area contributed by atoms with Crippen LogP contribution in [0.15, 0.2) is 12.1 Å². The average Bonchev–Trinajstić information content (AvgIpc) is 2.27. The minimum Gasteiger partial charge on any atom is -0.396 e. The van der Waals surface area contributed by atoms with Crippen LogP contribution in [0.3, 0.4) is 0 Å². The fourth-order valence-corrected chi connectivity index (χ4v) is 1.89. The second-order valence-corrected chi connectivity index (χ2v) is 3.99. The van der Waals surface area contributed by atoms with Crippen LogP contribution in [0.25, 0.3) is 0 Å². The van der Waals surface area contributed by atoms with Gasteiger partial charge in [0.2, 0.25) is 0 Å². The zero-order chi connectivity index (χ0) is 11.5. The van der Waals surface area contributed by atoms with E-state index in [9.17, 15) is 8.78 Å². The van der Waals surface area contributed by atoms with Gasteiger partial charge in [-0.05, 0) is 12.1 Å². The van der Waals surface area contributed by atoms with Gasteiger partial charge in [0.15, 0.2) is 5.82 Å². The lowest BCUT2D eigenvalue weighted by Crippen LogP contribution is -2.43. The first-order valence-electron chi connectivity index (χ1n) is 5.33. The summed E-state index contributed by atoms with van der Waals surface area (Å²) in [6, 6.07) is 2.23. The smallest absolute Gasteiger partial charge is 0.150 e. The highest BCUT2D eigenvalue weighted by Gasteiger charge is 2.14. The molecule has 1 heterocycles. The molecule has 1 fully saturated rings. The minimum absolute atomic E-state index is 0.120. The SMILES string of the molecule is Nc1cc(F)cc(CN2CCNCC2)c1F. The van der Waals surface area contributed by atoms with E-state index in [4.69, 9.17) is 5.73 Å². The number of benzene rings is 1. The molecule has 1 aromatic carbocycles. The summed E-state index contributed by atoms with van der Waals surface area (Å²) in [7, 11) is 0. The minimum atomic E-state index is -0.500. The van der Waals surface area contributed by atoms with E-state index < -0.39 is 11.6 Å². The van der Waals surface area contributed by atoms with Crippen molar-refractivity contribution in [3.05, 3.63) is 29.3 Å². The van der Waals surface area contributed by atoms with Crippen LogP contribution >= 0.6 is 0 Å². The van der Waals surface area contributed by atoms with Gasteiger partial charge < -0.3 is 11.1 Å². The van der Waals surface area contributed by atoms with Crippen molar-refractivity contribution in [2.75, 3.05) is 31.9 Å². The molecule has 0 unspecified atom stereocenters. The molecule has 0 bridgehead atoms. The van der Waals surface area contributed by atoms with Crippen LogP contribution in [0.5, 0.6) is 0 Å². The van der Waals surface area contributed by atoms with Gasteiger partial charge in [-0.15, -0.1) is 0 Å². The predicted molar refractivity (Wildman–Crippen MR) is 58.9 cm³/mol. The topological polar surface area (TPSA) is 41.3 Å². The Morgan fingerprint density at radius 1 is 1.25 bits per heavy atom. The van der Waals surface area contributed by atoms with E-state index in [1.165, 1.54) is 6.07 Å². The number of nitrogens with one attached hydrogen (secondary N) is 1. The third-order valence-corrected chi connectivity index (χ3v) is 2.74. The quantitative estimate of drug-likeness (QED) is 0.739. The third kappa shape index (κ3) is 2.48. The maximum atomic E-state index is 13.6. The number of nitrogens with zero attached hydrogens (tertiary/aromatic N) is 1. The van der Waals surface area contributed by atoms with Crippen LogP contribution in [-0.2, 0) is 6.54 Å². The van der Waals surface area contributed by atoms with Gasteiger partial charge in [0.1, 0.15) is 5.82 Å². The molecule has 0 aliphatic carbocycles. The third-order valence-electron chi connectivity index (χ3n) is 2.74. The predicted octanol–water partition coefficient (Wildman–Crippen LogP) is 0.952. The number of nitrogen functional groups attached to an aromatic ring is 1. The molecule has 1 aliphatic heterocycles. The van der Waals surface area contributed by atoms with Gasteiger partial charge in [-0.3, -0.25) is 4.90 Å². The standard InChI is InChI=1S/C11H15F2N3/c12-9-5-8(11(13)10(14)6-9)7-16-3-1-15-2-4-16/h5-6,15H,1-4,7,14H2. The van der Waals surface area contributed by atoms with E-state index in [1.54, 1.807) is 0 Å². The van der Waals surface area contributed by atoms with Crippen molar-refractivity contribution in [3.63, 3.8) is 0 Å². The Labute approximate surface area is 93.2 Å². The van der Waals surface area contributed by atoms with E-state index in [1.807, 2.05) is 0 Å². The largest absolute Gasteiger partial charge is 0.396 e. The Bertz CT molecular complexity index is 376. The van der Waals surface area contributed by atoms with Crippen molar-refractivity contribution in [2.45, 2.75) is 6.54 Å². The zero-order valence-corrected chi connectivity index (χ0v) is 8.97. The van der Waals surface area contributed by atoms with Gasteiger partial charge in [-0.1, -0.05) is 0 Å². The first kappa shape index (κ1) is 11.3. The summed E-state index contributed by atoms with van der Waals surface area (Å²) in [5, 5.41) is 3.20. The van der Waals surface area contributed by atoms with Crippen LogP contribution in [-0.4, -0.2) is 31.1 Å². The first-order chi connectivity index (χ1) is 7.66. The van der Waals surface area contributed by atoms with Crippen LogP contribution in [0.1, 0.15) is 5.56 Å². The molecule has 2 rings (SSSR count). The summed E-state index contributed by atoms with van der Waals surface area (Å²) in [5.41, 5.74) is 5.59. The molecule has 0 atom stereocenters. The Kier molecular flexibility index (Phi) is 3.36. The fraction of sp³-hybridized carbons (Fsp3) is 0.455. The van der Waals surface area contributed by atoms with E-state index in [0.717, 1.165) is 32.2 Å². The van der Waals surface area contributed by atoms with Crippen molar-refractivity contribution in [2.24, 2.45) is 0 Å². The van der Waals surface area contributed by atoms with Crippen molar-refractivity contribution >= 4 is 5.69 Å². The van der Waals surface area contributed by atoms with Gasteiger partial charge in [0.05, 0.1) is 5.69 Å². The molecule has 0 saturated carbocycles. The molecule has 3 nitrogen and oxygen atoms in total. The fourth-order valence-electron chi connectivity index (χ4n) is 1.89. The summed E-state index contributed by atoms with van der Waals surface area (Å²) >= 11 is 0. The van der Waals surface area contributed by atoms with Gasteiger partial charge >= 0.3 is 0 Å². The molecule has 0 aromatic heterocycles. The molecule has 5 heteroatoms. The van der Waals surface area contributed by atoms with Crippen molar-refractivity contribution in [1.82, 2.24) is 10.2 Å². The number of halogens is 2. The van der Waals surface area contributed by atoms with Crippen molar-refractivity contribution in [3.8, 4) is 0 Å². The highest BCUT2D eigenvalue weighted by molar-refractivity contribution is 5.43. The van der Waals surface area contributed by atoms with Crippen LogP contribution in [0.2, 0.25) is 0 Å². The number of hydrogen-bond acceptors (Lipinski definition) is 3. The van der Waals surface area contributed by atoms with E-state index in [2.05, 4.69) is 10.2 Å². The lowest BCUT2D eigenvalue weighted by Gasteiger charge is -2.27. The summed E-state index contributed by atoms with van der Waals surface area (Å²) in [5.74, 6) is -0.982. The molecule has 1 aliphatic rings. The molecule has 3 N–H and O–H groups in total. The highest BCUT2D eigenvalue weighted by atomic mass is 19.1. The average molecular weight is 227 g/mol. The van der Waals surface area contributed by atoms with Crippen LogP contribution < -0.4 is 11.1 Å². The molecule has 0 amide bonds. The van der Waals surface area contributed by atoms with Gasteiger partial charge in [-0.25, -0.2) is 8.78 Å². The number of piperazine rings is 1. The number of anilines is 1. The normalized spacial score (nSPS) is 17.6. The van der Waals surface area contributed by atoms with E-state index >= 15 is 0 Å². The van der Waals surface area contributed by atoms with Gasteiger partial charge in [0, 0.05) is 38.3 Å². The summed E-state index contributed by atoms with van der Waals surface area (Å²) in [6.07, 6.45) is 0. The van der Waals surface area contributed by atoms with Crippen LogP contribution in [0.4, 0.5) is 14.5 Å². The molecule has 0 radical (unpaired) electrons. The highest BCUT2D eigenvalue weighted by Crippen LogP contribution is 2.19. The Morgan fingerprint density at radius 2 is 1.94 bits per heavy atom. The summed E-state index contributed by atoms with van der Waals surface area (Å²) < 4.78 is 26.7. The number of hydrogen-bond donors (Lipinski definition) is 2. The number of nitrogens with two attached hydrogens (primary N) is 1. The maximum absolute atomic E-state index is 13.6. The molecular formula is C11H15F2N3. The van der Waals surface area contributed by atoms with Crippen molar-refractivity contribution < 1.29 is 8.78 Å². The zero-order valence-electron chi connectivity index (χ0n) is 8.97. The Hall–Kier alpha value is -1.20. The number of rotatable bonds is 2. The van der Waals surface area contributed by atoms with E-state index in [-0.39, 0.29) is 5.69 Å². The van der Waals surface area contributed by atoms with E-state index in [0.29, 0.717) is 12.1 Å². The van der Waals surface area contributed by atoms with Gasteiger partial charge in [-0.2, -0.15) is 0 Å². The van der Waals surface area contributed by atoms with Crippen LogP contribution in [0, 0.1) is 11.6 Å². The van der Waals surface area contributed by atoms with Gasteiger partial charge in [0.25, 0.3) is 0 Å². The monoisotopic (exact) mass is 227 g/mol.